The number of carbonyl (C=O) groups is 2. The summed E-state index contributed by atoms with van der Waals surface area (Å²) in [6.45, 7) is 4.00. The lowest BCUT2D eigenvalue weighted by molar-refractivity contribution is -0.146. The number of hydrogen-bond acceptors (Lipinski definition) is 4. The van der Waals surface area contributed by atoms with Crippen LogP contribution < -0.4 is 15.4 Å². The van der Waals surface area contributed by atoms with Crippen molar-refractivity contribution in [1.29, 1.82) is 0 Å². The predicted molar refractivity (Wildman–Crippen MR) is 110 cm³/mol. The van der Waals surface area contributed by atoms with Gasteiger partial charge in [-0.3, -0.25) is 9.59 Å². The first-order chi connectivity index (χ1) is 14.1. The number of likely N-dealkylation sites (tertiary alicyclic amines) is 1. The molecule has 1 aromatic rings. The zero-order valence-corrected chi connectivity index (χ0v) is 17.0. The highest BCUT2D eigenvalue weighted by atomic mass is 16.5. The largest absolute Gasteiger partial charge is 0.467 e. The number of nitrogens with zero attached hydrogens (tertiary/aromatic N) is 1. The van der Waals surface area contributed by atoms with Crippen LogP contribution in [0.15, 0.2) is 24.3 Å². The molecule has 6 nitrogen and oxygen atoms in total. The second kappa shape index (κ2) is 7.63. The molecule has 0 radical (unpaired) electrons. The molecule has 3 aliphatic carbocycles. The first kappa shape index (κ1) is 18.9. The molecule has 1 aromatic carbocycles. The molecule has 6 rings (SSSR count). The lowest BCUT2D eigenvalue weighted by Crippen LogP contribution is -2.67. The van der Waals surface area contributed by atoms with Crippen LogP contribution in [0.3, 0.4) is 0 Å². The molecule has 6 heteroatoms. The summed E-state index contributed by atoms with van der Waals surface area (Å²) in [5, 5.41) is 6.36. The number of ether oxygens (including phenoxy) is 1. The van der Waals surface area contributed by atoms with Gasteiger partial charge in [-0.2, -0.15) is 0 Å². The van der Waals surface area contributed by atoms with Gasteiger partial charge in [0.1, 0.15) is 5.75 Å². The minimum absolute atomic E-state index is 0.0402. The average molecular weight is 398 g/mol. The molecule has 3 saturated carbocycles. The molecule has 1 spiro atoms. The summed E-state index contributed by atoms with van der Waals surface area (Å²) in [4.78, 5) is 28.0. The standard InChI is InChI=1S/C23H31N3O3/c27-21(24-10-13-26-11-4-1-5-12-26)19-14-17-9-8-16(19)15-23(17)25-22(28)18-6-2-3-7-20(18)29-23/h2-3,6-7,16-17,19H,1,4-5,8-15H2,(H,24,27)(H,25,28)/t16-,17-,19+,23-/m1/s1. The number of benzene rings is 1. The maximum Gasteiger partial charge on any atom is 0.258 e. The second-order valence-corrected chi connectivity index (χ2v) is 9.22. The van der Waals surface area contributed by atoms with Gasteiger partial charge in [-0.05, 0) is 63.2 Å². The van der Waals surface area contributed by atoms with E-state index in [9.17, 15) is 9.59 Å². The summed E-state index contributed by atoms with van der Waals surface area (Å²) in [5.74, 6) is 1.30. The Balaban J connectivity index is 1.21. The van der Waals surface area contributed by atoms with E-state index < -0.39 is 5.72 Å². The van der Waals surface area contributed by atoms with Crippen LogP contribution in [-0.4, -0.2) is 48.6 Å². The molecule has 4 fully saturated rings. The lowest BCUT2D eigenvalue weighted by atomic mass is 9.60. The van der Waals surface area contributed by atoms with Crippen molar-refractivity contribution in [2.45, 2.75) is 50.7 Å². The van der Waals surface area contributed by atoms with Gasteiger partial charge in [0, 0.05) is 31.3 Å². The van der Waals surface area contributed by atoms with Crippen molar-refractivity contribution in [3.05, 3.63) is 29.8 Å². The molecular weight excluding hydrogens is 366 g/mol. The Morgan fingerprint density at radius 3 is 2.83 bits per heavy atom. The monoisotopic (exact) mass is 397 g/mol. The fraction of sp³-hybridized carbons (Fsp3) is 0.652. The normalized spacial score (nSPS) is 33.7. The number of amides is 2. The third-order valence-electron chi connectivity index (χ3n) is 7.48. The van der Waals surface area contributed by atoms with Crippen LogP contribution in [0.4, 0.5) is 0 Å². The van der Waals surface area contributed by atoms with E-state index in [4.69, 9.17) is 4.74 Å². The van der Waals surface area contributed by atoms with E-state index in [-0.39, 0.29) is 29.6 Å². The Morgan fingerprint density at radius 2 is 2.03 bits per heavy atom. The first-order valence-electron chi connectivity index (χ1n) is 11.3. The molecule has 2 aliphatic heterocycles. The molecule has 2 heterocycles. The van der Waals surface area contributed by atoms with Crippen LogP contribution in [-0.2, 0) is 4.79 Å². The van der Waals surface area contributed by atoms with Crippen LogP contribution in [0.2, 0.25) is 0 Å². The van der Waals surface area contributed by atoms with E-state index in [2.05, 4.69) is 15.5 Å². The molecule has 0 unspecified atom stereocenters. The quantitative estimate of drug-likeness (QED) is 0.819. The summed E-state index contributed by atoms with van der Waals surface area (Å²) >= 11 is 0. The Bertz CT molecular complexity index is 791. The number of piperidine rings is 1. The molecule has 29 heavy (non-hydrogen) atoms. The number of fused-ring (bicyclic) bond motifs is 3. The molecule has 0 aromatic heterocycles. The number of carbonyl (C=O) groups excluding carboxylic acids is 2. The smallest absolute Gasteiger partial charge is 0.258 e. The van der Waals surface area contributed by atoms with Crippen molar-refractivity contribution >= 4 is 11.8 Å². The third kappa shape index (κ3) is 3.52. The lowest BCUT2D eigenvalue weighted by Gasteiger charge is -2.55. The fourth-order valence-corrected chi connectivity index (χ4v) is 5.93. The molecule has 2 N–H and O–H groups in total. The molecule has 156 valence electrons. The number of hydrogen-bond donors (Lipinski definition) is 2. The minimum atomic E-state index is -0.640. The zero-order chi connectivity index (χ0) is 19.8. The average Bonchev–Trinajstić information content (AvgIpc) is 2.75. The minimum Gasteiger partial charge on any atom is -0.467 e. The topological polar surface area (TPSA) is 70.7 Å². The molecule has 1 saturated heterocycles. The molecular formula is C23H31N3O3. The SMILES string of the molecule is O=C1N[C@]2(C[C@H]3CC[C@@H]2C[C@@H]3C(=O)NCCN2CCCCC2)Oc2ccccc21. The van der Waals surface area contributed by atoms with Gasteiger partial charge in [-0.25, -0.2) is 0 Å². The number of para-hydroxylation sites is 1. The Kier molecular flexibility index (Phi) is 4.98. The highest BCUT2D eigenvalue weighted by Gasteiger charge is 2.57. The number of rotatable bonds is 4. The van der Waals surface area contributed by atoms with E-state index in [1.807, 2.05) is 18.2 Å². The van der Waals surface area contributed by atoms with Gasteiger partial charge >= 0.3 is 0 Å². The van der Waals surface area contributed by atoms with Crippen molar-refractivity contribution in [3.63, 3.8) is 0 Å². The zero-order valence-electron chi connectivity index (χ0n) is 17.0. The van der Waals surface area contributed by atoms with Gasteiger partial charge < -0.3 is 20.3 Å². The fourth-order valence-electron chi connectivity index (χ4n) is 5.93. The van der Waals surface area contributed by atoms with Crippen molar-refractivity contribution in [1.82, 2.24) is 15.5 Å². The van der Waals surface area contributed by atoms with E-state index in [1.165, 1.54) is 19.3 Å². The van der Waals surface area contributed by atoms with Gasteiger partial charge in [-0.1, -0.05) is 18.6 Å². The maximum absolute atomic E-state index is 12.9. The van der Waals surface area contributed by atoms with E-state index in [1.54, 1.807) is 6.07 Å². The van der Waals surface area contributed by atoms with Gasteiger partial charge in [-0.15, -0.1) is 0 Å². The van der Waals surface area contributed by atoms with Gasteiger partial charge in [0.05, 0.1) is 5.56 Å². The molecule has 2 bridgehead atoms. The maximum atomic E-state index is 12.9. The summed E-state index contributed by atoms with van der Waals surface area (Å²) in [6.07, 6.45) is 7.44. The first-order valence-corrected chi connectivity index (χ1v) is 11.3. The Hall–Kier alpha value is -2.08. The van der Waals surface area contributed by atoms with Gasteiger partial charge in [0.15, 0.2) is 5.72 Å². The summed E-state index contributed by atoms with van der Waals surface area (Å²) in [7, 11) is 0. The van der Waals surface area contributed by atoms with Crippen LogP contribution in [0.1, 0.15) is 55.3 Å². The molecule has 2 amide bonds. The van der Waals surface area contributed by atoms with Crippen LogP contribution >= 0.6 is 0 Å². The predicted octanol–water partition coefficient (Wildman–Crippen LogP) is 2.54. The summed E-state index contributed by atoms with van der Waals surface area (Å²) in [5.41, 5.74) is -0.0366. The van der Waals surface area contributed by atoms with E-state index in [0.717, 1.165) is 51.9 Å². The van der Waals surface area contributed by atoms with Crippen molar-refractivity contribution in [2.75, 3.05) is 26.2 Å². The van der Waals surface area contributed by atoms with Gasteiger partial charge in [0.25, 0.3) is 5.91 Å². The summed E-state index contributed by atoms with van der Waals surface area (Å²) < 4.78 is 6.38. The van der Waals surface area contributed by atoms with E-state index in [0.29, 0.717) is 11.3 Å². The summed E-state index contributed by atoms with van der Waals surface area (Å²) in [6, 6.07) is 7.45. The van der Waals surface area contributed by atoms with Gasteiger partial charge in [0.2, 0.25) is 5.91 Å². The van der Waals surface area contributed by atoms with Crippen molar-refractivity contribution < 1.29 is 14.3 Å². The Labute approximate surface area is 172 Å². The number of nitrogens with one attached hydrogen (secondary N) is 2. The van der Waals surface area contributed by atoms with E-state index >= 15 is 0 Å². The van der Waals surface area contributed by atoms with Crippen molar-refractivity contribution in [2.24, 2.45) is 17.8 Å². The van der Waals surface area contributed by atoms with Crippen LogP contribution in [0.25, 0.3) is 0 Å². The third-order valence-corrected chi connectivity index (χ3v) is 7.48. The van der Waals surface area contributed by atoms with Crippen LogP contribution in [0.5, 0.6) is 5.75 Å². The Morgan fingerprint density at radius 1 is 1.21 bits per heavy atom. The highest BCUT2D eigenvalue weighted by Crippen LogP contribution is 2.52. The molecule has 4 atom stereocenters. The highest BCUT2D eigenvalue weighted by molar-refractivity contribution is 5.98. The molecule has 5 aliphatic rings. The second-order valence-electron chi connectivity index (χ2n) is 9.22. The van der Waals surface area contributed by atoms with Crippen molar-refractivity contribution in [3.8, 4) is 5.75 Å². The van der Waals surface area contributed by atoms with Crippen LogP contribution in [0, 0.1) is 17.8 Å².